The van der Waals surface area contributed by atoms with Crippen molar-refractivity contribution in [3.8, 4) is 0 Å². The lowest BCUT2D eigenvalue weighted by Crippen LogP contribution is -2.56. The van der Waals surface area contributed by atoms with Gasteiger partial charge in [-0.15, -0.1) is 0 Å². The molecule has 0 bridgehead atoms. The lowest BCUT2D eigenvalue weighted by molar-refractivity contribution is -0.184. The number of hydrogen-bond acceptors (Lipinski definition) is 7. The second-order valence-electron chi connectivity index (χ2n) is 5.91. The lowest BCUT2D eigenvalue weighted by Gasteiger charge is -2.44. The minimum Gasteiger partial charge on any atom is -0.459 e. The molecule has 0 spiro atoms. The predicted molar refractivity (Wildman–Crippen MR) is 95.3 cm³/mol. The first-order valence-electron chi connectivity index (χ1n) is 8.19. The molecule has 1 aromatic carbocycles. The molecule has 1 heterocycles. The van der Waals surface area contributed by atoms with E-state index in [1.807, 2.05) is 30.3 Å². The van der Waals surface area contributed by atoms with Gasteiger partial charge in [-0.3, -0.25) is 14.4 Å². The van der Waals surface area contributed by atoms with Crippen molar-refractivity contribution < 1.29 is 33.3 Å². The van der Waals surface area contributed by atoms with Crippen LogP contribution in [0.25, 0.3) is 0 Å². The molecule has 1 saturated heterocycles. The summed E-state index contributed by atoms with van der Waals surface area (Å²) in [6.45, 7) is 3.90. The summed E-state index contributed by atoms with van der Waals surface area (Å²) >= 11 is 0. The van der Waals surface area contributed by atoms with Crippen molar-refractivity contribution in [3.05, 3.63) is 30.3 Å². The molecule has 26 heavy (non-hydrogen) atoms. The van der Waals surface area contributed by atoms with E-state index in [-0.39, 0.29) is 0 Å². The number of carbonyl (C=O) groups excluding carboxylic acids is 3. The average Bonchev–Trinajstić information content (AvgIpc) is 2.56. The first-order valence-corrected chi connectivity index (χ1v) is 9.79. The summed E-state index contributed by atoms with van der Waals surface area (Å²) < 4.78 is 21.9. The summed E-state index contributed by atoms with van der Waals surface area (Å²) in [5, 5.41) is 0.956. The minimum absolute atomic E-state index is 0.438. The zero-order valence-electron chi connectivity index (χ0n) is 15.2. The Labute approximate surface area is 153 Å². The largest absolute Gasteiger partial charge is 0.459 e. The second-order valence-corrected chi connectivity index (χ2v) is 8.24. The number of ether oxygens (including phenoxy) is 4. The van der Waals surface area contributed by atoms with Crippen molar-refractivity contribution in [1.82, 2.24) is 0 Å². The topological polar surface area (TPSA) is 88.1 Å². The highest BCUT2D eigenvalue weighted by atomic mass is 31.1. The van der Waals surface area contributed by atoms with Gasteiger partial charge in [-0.05, 0) is 13.2 Å². The Balaban J connectivity index is 2.46. The molecule has 0 unspecified atom stereocenters. The van der Waals surface area contributed by atoms with E-state index in [4.69, 9.17) is 18.9 Å². The molecule has 0 N–H and O–H groups in total. The van der Waals surface area contributed by atoms with Crippen LogP contribution in [0.2, 0.25) is 0 Å². The van der Waals surface area contributed by atoms with Crippen LogP contribution < -0.4 is 5.30 Å². The van der Waals surface area contributed by atoms with Crippen molar-refractivity contribution in [2.45, 2.75) is 44.9 Å². The first kappa shape index (κ1) is 20.3. The standard InChI is InChI=1S/C18H23O7P/c1-11(19)23-15-10-26(14-8-6-5-7-9-14)18(25-13(3)21)17(16(15)22-4)24-12(2)20/h5-9,15-18H,10H2,1-4H3/t15-,16+,17-,18+,26-/m1/s1. The average molecular weight is 382 g/mol. The van der Waals surface area contributed by atoms with Gasteiger partial charge in [0, 0.05) is 34.0 Å². The van der Waals surface area contributed by atoms with Gasteiger partial charge in [-0.2, -0.15) is 0 Å². The number of hydrogen-bond donors (Lipinski definition) is 0. The summed E-state index contributed by atoms with van der Waals surface area (Å²) in [6, 6.07) is 9.49. The molecule has 8 heteroatoms. The molecule has 1 fully saturated rings. The molecule has 0 aromatic heterocycles. The number of rotatable bonds is 5. The SMILES string of the molecule is CO[C@@H]1[C@@H](OC(C)=O)[C@@H](OC(C)=O)[P@@](c2ccccc2)C[C@H]1OC(C)=O. The van der Waals surface area contributed by atoms with Gasteiger partial charge in [-0.25, -0.2) is 0 Å². The smallest absolute Gasteiger partial charge is 0.303 e. The summed E-state index contributed by atoms with van der Waals surface area (Å²) in [4.78, 5) is 34.9. The molecule has 7 nitrogen and oxygen atoms in total. The second kappa shape index (κ2) is 9.10. The Hall–Kier alpha value is -1.98. The van der Waals surface area contributed by atoms with Crippen LogP contribution in [0.1, 0.15) is 20.8 Å². The van der Waals surface area contributed by atoms with E-state index in [0.29, 0.717) is 6.16 Å². The molecule has 2 rings (SSSR count). The summed E-state index contributed by atoms with van der Waals surface area (Å²) in [5.74, 6) is -2.14. The van der Waals surface area contributed by atoms with Crippen LogP contribution in [0.3, 0.4) is 0 Å². The van der Waals surface area contributed by atoms with Gasteiger partial charge in [0.2, 0.25) is 0 Å². The lowest BCUT2D eigenvalue weighted by atomic mass is 10.1. The Bertz CT molecular complexity index is 648. The van der Waals surface area contributed by atoms with Crippen molar-refractivity contribution in [1.29, 1.82) is 0 Å². The third kappa shape index (κ3) is 5.02. The third-order valence-corrected chi connectivity index (χ3v) is 6.65. The molecule has 1 aliphatic rings. The van der Waals surface area contributed by atoms with Gasteiger partial charge in [0.05, 0.1) is 0 Å². The van der Waals surface area contributed by atoms with Crippen molar-refractivity contribution >= 4 is 31.1 Å². The maximum Gasteiger partial charge on any atom is 0.303 e. The maximum absolute atomic E-state index is 11.7. The van der Waals surface area contributed by atoms with Crippen molar-refractivity contribution in [3.63, 3.8) is 0 Å². The molecule has 5 atom stereocenters. The van der Waals surface area contributed by atoms with Gasteiger partial charge >= 0.3 is 17.9 Å². The third-order valence-electron chi connectivity index (χ3n) is 3.92. The van der Waals surface area contributed by atoms with E-state index in [1.165, 1.54) is 27.9 Å². The number of benzene rings is 1. The minimum atomic E-state index is -1.11. The van der Waals surface area contributed by atoms with Crippen LogP contribution in [0, 0.1) is 0 Å². The van der Waals surface area contributed by atoms with E-state index in [1.54, 1.807) is 0 Å². The Kier molecular flexibility index (Phi) is 7.12. The maximum atomic E-state index is 11.7. The monoisotopic (exact) mass is 382 g/mol. The zero-order chi connectivity index (χ0) is 19.3. The Morgan fingerprint density at radius 2 is 1.46 bits per heavy atom. The number of carbonyl (C=O) groups is 3. The van der Waals surface area contributed by atoms with E-state index >= 15 is 0 Å². The highest BCUT2D eigenvalue weighted by Gasteiger charge is 2.50. The first-order chi connectivity index (χ1) is 12.3. The van der Waals surface area contributed by atoms with Crippen molar-refractivity contribution in [2.24, 2.45) is 0 Å². The van der Waals surface area contributed by atoms with E-state index in [0.717, 1.165) is 5.30 Å². The Morgan fingerprint density at radius 3 is 1.96 bits per heavy atom. The highest BCUT2D eigenvalue weighted by molar-refractivity contribution is 7.66. The predicted octanol–water partition coefficient (Wildman–Crippen LogP) is 1.57. The molecule has 0 aliphatic carbocycles. The van der Waals surface area contributed by atoms with Crippen LogP contribution in [0.15, 0.2) is 30.3 Å². The van der Waals surface area contributed by atoms with Gasteiger partial charge in [0.1, 0.15) is 12.2 Å². The molecule has 0 radical (unpaired) electrons. The van der Waals surface area contributed by atoms with Gasteiger partial charge in [-0.1, -0.05) is 30.3 Å². The summed E-state index contributed by atoms with van der Waals surface area (Å²) in [5.41, 5.74) is 0. The van der Waals surface area contributed by atoms with Crippen LogP contribution in [0.5, 0.6) is 0 Å². The van der Waals surface area contributed by atoms with Crippen LogP contribution in [-0.4, -0.2) is 55.3 Å². The summed E-state index contributed by atoms with van der Waals surface area (Å²) in [7, 11) is 0.331. The van der Waals surface area contributed by atoms with E-state index in [9.17, 15) is 14.4 Å². The van der Waals surface area contributed by atoms with E-state index in [2.05, 4.69) is 0 Å². The van der Waals surface area contributed by atoms with Crippen molar-refractivity contribution in [2.75, 3.05) is 13.3 Å². The fourth-order valence-corrected chi connectivity index (χ4v) is 5.84. The van der Waals surface area contributed by atoms with Crippen LogP contribution >= 0.6 is 7.92 Å². The molecule has 1 aliphatic heterocycles. The number of methoxy groups -OCH3 is 1. The van der Waals surface area contributed by atoms with Gasteiger partial charge in [0.15, 0.2) is 11.9 Å². The van der Waals surface area contributed by atoms with Crippen LogP contribution in [-0.2, 0) is 33.3 Å². The van der Waals surface area contributed by atoms with Gasteiger partial charge < -0.3 is 18.9 Å². The molecule has 0 saturated carbocycles. The molecule has 1 aromatic rings. The zero-order valence-corrected chi connectivity index (χ0v) is 16.1. The normalized spacial score (nSPS) is 28.1. The molecular weight excluding hydrogens is 359 g/mol. The van der Waals surface area contributed by atoms with E-state index < -0.39 is 50.0 Å². The van der Waals surface area contributed by atoms with Crippen LogP contribution in [0.4, 0.5) is 0 Å². The summed E-state index contributed by atoms with van der Waals surface area (Å²) in [6.07, 6.45) is -1.77. The number of esters is 3. The Morgan fingerprint density at radius 1 is 0.885 bits per heavy atom. The molecule has 0 amide bonds. The quantitative estimate of drug-likeness (QED) is 0.434. The molecule has 142 valence electrons. The fraction of sp³-hybridized carbons (Fsp3) is 0.500. The highest BCUT2D eigenvalue weighted by Crippen LogP contribution is 2.50. The van der Waals surface area contributed by atoms with Gasteiger partial charge in [0.25, 0.3) is 0 Å². The molecular formula is C18H23O7P. The fourth-order valence-electron chi connectivity index (χ4n) is 3.05.